The zero-order valence-electron chi connectivity index (χ0n) is 15.0. The number of benzene rings is 2. The summed E-state index contributed by atoms with van der Waals surface area (Å²) in [5, 5.41) is 0. The van der Waals surface area contributed by atoms with E-state index in [4.69, 9.17) is 9.47 Å². The second-order valence-electron chi connectivity index (χ2n) is 5.75. The summed E-state index contributed by atoms with van der Waals surface area (Å²) >= 11 is 7.19. The summed E-state index contributed by atoms with van der Waals surface area (Å²) < 4.78 is 9.96. The van der Waals surface area contributed by atoms with Crippen molar-refractivity contribution in [1.29, 1.82) is 0 Å². The number of alkyl halides is 2. The third-order valence-corrected chi connectivity index (χ3v) is 5.10. The molecule has 0 heterocycles. The second-order valence-corrected chi connectivity index (χ2v) is 8.50. The van der Waals surface area contributed by atoms with E-state index in [2.05, 4.69) is 31.9 Å². The minimum Gasteiger partial charge on any atom is -0.465 e. The van der Waals surface area contributed by atoms with E-state index in [0.29, 0.717) is 22.3 Å². The Hall–Kier alpha value is -1.66. The van der Waals surface area contributed by atoms with E-state index in [-0.39, 0.29) is 9.65 Å². The molecular weight excluding hydrogens is 464 g/mol. The highest BCUT2D eigenvalue weighted by Crippen LogP contribution is 2.42. The fourth-order valence-corrected chi connectivity index (χ4v) is 3.68. The first kappa shape index (κ1) is 20.6. The molecule has 2 atom stereocenters. The van der Waals surface area contributed by atoms with E-state index < -0.39 is 11.9 Å². The van der Waals surface area contributed by atoms with Crippen molar-refractivity contribution in [1.82, 2.24) is 0 Å². The number of hydrogen-bond acceptors (Lipinski definition) is 4. The van der Waals surface area contributed by atoms with Crippen LogP contribution in [0.25, 0.3) is 11.1 Å². The topological polar surface area (TPSA) is 52.6 Å². The molecule has 2 aromatic rings. The van der Waals surface area contributed by atoms with Crippen LogP contribution < -0.4 is 0 Å². The predicted molar refractivity (Wildman–Crippen MR) is 109 cm³/mol. The highest BCUT2D eigenvalue weighted by molar-refractivity contribution is 9.09. The zero-order chi connectivity index (χ0) is 19.4. The summed E-state index contributed by atoms with van der Waals surface area (Å²) in [6, 6.07) is 10.9. The van der Waals surface area contributed by atoms with E-state index in [0.717, 1.165) is 11.1 Å². The van der Waals surface area contributed by atoms with Gasteiger partial charge in [-0.1, -0.05) is 56.1 Å². The second kappa shape index (κ2) is 8.82. The monoisotopic (exact) mass is 482 g/mol. The molecule has 0 N–H and O–H groups in total. The number of esters is 2. The number of hydrogen-bond donors (Lipinski definition) is 0. The smallest absolute Gasteiger partial charge is 0.338 e. The fraction of sp³-hybridized carbons (Fsp3) is 0.300. The fourth-order valence-electron chi connectivity index (χ4n) is 2.92. The van der Waals surface area contributed by atoms with Gasteiger partial charge in [0.2, 0.25) is 0 Å². The van der Waals surface area contributed by atoms with Crippen LogP contribution >= 0.6 is 31.9 Å². The third kappa shape index (κ3) is 4.01. The number of halogens is 2. The molecule has 26 heavy (non-hydrogen) atoms. The molecule has 0 aliphatic heterocycles. The number of methoxy groups -OCH3 is 2. The van der Waals surface area contributed by atoms with Gasteiger partial charge in [0, 0.05) is 20.8 Å². The number of carbonyl (C=O) groups excluding carboxylic acids is 2. The lowest BCUT2D eigenvalue weighted by atomic mass is 9.86. The molecule has 0 fully saturated rings. The largest absolute Gasteiger partial charge is 0.465 e. The average molecular weight is 484 g/mol. The molecule has 0 aromatic heterocycles. The van der Waals surface area contributed by atoms with Crippen molar-refractivity contribution < 1.29 is 19.1 Å². The lowest BCUT2D eigenvalue weighted by molar-refractivity contribution is 0.0590. The third-order valence-electron chi connectivity index (χ3n) is 4.11. The molecule has 0 bridgehead atoms. The summed E-state index contributed by atoms with van der Waals surface area (Å²) in [7, 11) is 2.69. The van der Waals surface area contributed by atoms with Gasteiger partial charge >= 0.3 is 11.9 Å². The Balaban J connectivity index is 2.99. The van der Waals surface area contributed by atoms with Gasteiger partial charge in [-0.25, -0.2) is 9.59 Å². The van der Waals surface area contributed by atoms with Crippen molar-refractivity contribution in [3.05, 3.63) is 58.7 Å². The lowest BCUT2D eigenvalue weighted by Gasteiger charge is -2.21. The summed E-state index contributed by atoms with van der Waals surface area (Å²) in [5.74, 6) is -0.911. The first-order valence-electron chi connectivity index (χ1n) is 8.04. The van der Waals surface area contributed by atoms with Crippen LogP contribution in [-0.2, 0) is 9.47 Å². The predicted octanol–water partition coefficient (Wildman–Crippen LogP) is 5.84. The maximum absolute atomic E-state index is 12.4. The molecule has 0 spiro atoms. The van der Waals surface area contributed by atoms with Crippen LogP contribution in [-0.4, -0.2) is 26.2 Å². The van der Waals surface area contributed by atoms with Gasteiger partial charge in [-0.15, -0.1) is 0 Å². The minimum atomic E-state index is -0.456. The van der Waals surface area contributed by atoms with Gasteiger partial charge in [-0.3, -0.25) is 0 Å². The quantitative estimate of drug-likeness (QED) is 0.396. The number of rotatable bonds is 5. The molecule has 0 saturated heterocycles. The van der Waals surface area contributed by atoms with Crippen molar-refractivity contribution in [2.75, 3.05) is 14.2 Å². The number of ether oxygens (including phenoxy) is 2. The van der Waals surface area contributed by atoms with Gasteiger partial charge in [0.1, 0.15) is 0 Å². The Labute approximate surface area is 170 Å². The van der Waals surface area contributed by atoms with E-state index in [1.54, 1.807) is 24.3 Å². The van der Waals surface area contributed by atoms with Gasteiger partial charge in [0.05, 0.1) is 25.3 Å². The van der Waals surface area contributed by atoms with Gasteiger partial charge in [0.15, 0.2) is 0 Å². The lowest BCUT2D eigenvalue weighted by Crippen LogP contribution is -2.11. The van der Waals surface area contributed by atoms with Crippen LogP contribution in [0.4, 0.5) is 0 Å². The van der Waals surface area contributed by atoms with Crippen molar-refractivity contribution in [3.63, 3.8) is 0 Å². The molecule has 0 saturated carbocycles. The molecule has 2 aromatic carbocycles. The van der Waals surface area contributed by atoms with Crippen LogP contribution in [0.15, 0.2) is 36.4 Å². The van der Waals surface area contributed by atoms with Crippen LogP contribution in [0.3, 0.4) is 0 Å². The molecule has 138 valence electrons. The summed E-state index contributed by atoms with van der Waals surface area (Å²) in [6.45, 7) is 3.94. The van der Waals surface area contributed by atoms with Crippen LogP contribution in [0, 0.1) is 0 Å². The van der Waals surface area contributed by atoms with E-state index in [9.17, 15) is 9.59 Å². The van der Waals surface area contributed by atoms with E-state index >= 15 is 0 Å². The summed E-state index contributed by atoms with van der Waals surface area (Å²) in [5.41, 5.74) is 3.93. The Morgan fingerprint density at radius 1 is 0.769 bits per heavy atom. The first-order valence-corrected chi connectivity index (χ1v) is 9.87. The maximum Gasteiger partial charge on any atom is 0.338 e. The van der Waals surface area contributed by atoms with Gasteiger partial charge in [-0.2, -0.15) is 0 Å². The van der Waals surface area contributed by atoms with Crippen LogP contribution in [0.1, 0.15) is 55.3 Å². The Kier molecular flexibility index (Phi) is 7.01. The molecule has 4 nitrogen and oxygen atoms in total. The highest BCUT2D eigenvalue weighted by atomic mass is 79.9. The molecule has 6 heteroatoms. The molecule has 0 amide bonds. The normalized spacial score (nSPS) is 13.0. The van der Waals surface area contributed by atoms with Crippen molar-refractivity contribution in [3.8, 4) is 11.1 Å². The van der Waals surface area contributed by atoms with Crippen molar-refractivity contribution in [2.45, 2.75) is 23.5 Å². The van der Waals surface area contributed by atoms with Gasteiger partial charge < -0.3 is 9.47 Å². The summed E-state index contributed by atoms with van der Waals surface area (Å²) in [4.78, 5) is 24.8. The molecule has 2 rings (SSSR count). The highest BCUT2D eigenvalue weighted by Gasteiger charge is 2.26. The van der Waals surface area contributed by atoms with Crippen LogP contribution in [0.5, 0.6) is 0 Å². The van der Waals surface area contributed by atoms with Crippen LogP contribution in [0.2, 0.25) is 0 Å². The molecule has 0 radical (unpaired) electrons. The Morgan fingerprint density at radius 2 is 1.12 bits per heavy atom. The minimum absolute atomic E-state index is 0.0358. The molecule has 0 unspecified atom stereocenters. The van der Waals surface area contributed by atoms with E-state index in [1.807, 2.05) is 26.0 Å². The maximum atomic E-state index is 12.4. The van der Waals surface area contributed by atoms with Crippen molar-refractivity contribution >= 4 is 43.8 Å². The Bertz CT molecular complexity index is 759. The van der Waals surface area contributed by atoms with E-state index in [1.165, 1.54) is 14.2 Å². The van der Waals surface area contributed by atoms with Gasteiger partial charge in [0.25, 0.3) is 0 Å². The molecular formula is C20H20Br2O4. The Morgan fingerprint density at radius 3 is 1.38 bits per heavy atom. The van der Waals surface area contributed by atoms with Crippen molar-refractivity contribution in [2.24, 2.45) is 0 Å². The summed E-state index contributed by atoms with van der Waals surface area (Å²) in [6.07, 6.45) is 0. The molecule has 0 aliphatic carbocycles. The zero-order valence-corrected chi connectivity index (χ0v) is 18.2. The first-order chi connectivity index (χ1) is 12.3. The standard InChI is InChI=1S/C20H20Br2O4/c1-11(21)13-7-5-9-15(19(23)25-3)17(13)18-14(12(2)22)8-6-10-16(18)20(24)26-4/h5-12H,1-4H3/t11-,12-/m1/s1. The van der Waals surface area contributed by atoms with Gasteiger partial charge in [-0.05, 0) is 37.1 Å². The SMILES string of the molecule is COC(=O)c1cccc([C@@H](C)Br)c1-c1c(C(=O)OC)cccc1[C@@H](C)Br. The average Bonchev–Trinajstić information content (AvgIpc) is 2.65. The number of carbonyl (C=O) groups is 2. The molecule has 0 aliphatic rings.